The largest absolute Gasteiger partial charge is 0.430 e. The fourth-order valence-electron chi connectivity index (χ4n) is 1.37. The van der Waals surface area contributed by atoms with Crippen molar-refractivity contribution in [2.45, 2.75) is 0 Å². The number of hydrogen-bond donors (Lipinski definition) is 1. The van der Waals surface area contributed by atoms with Crippen LogP contribution in [0.2, 0.25) is 5.02 Å². The zero-order valence-corrected chi connectivity index (χ0v) is 10.9. The van der Waals surface area contributed by atoms with Gasteiger partial charge in [-0.3, -0.25) is 10.1 Å². The second-order valence-corrected chi connectivity index (χ2v) is 3.98. The Morgan fingerprint density at radius 2 is 2.25 bits per heavy atom. The number of rotatable bonds is 4. The first-order chi connectivity index (χ1) is 9.51. The minimum atomic E-state index is -0.692. The molecule has 0 bridgehead atoms. The van der Waals surface area contributed by atoms with Crippen LogP contribution in [0.3, 0.4) is 0 Å². The van der Waals surface area contributed by atoms with Crippen LogP contribution < -0.4 is 10.1 Å². The molecular weight excluding hydrogens is 291 g/mol. The normalized spacial score (nSPS) is 10.2. The highest BCUT2D eigenvalue weighted by Crippen LogP contribution is 2.34. The predicted octanol–water partition coefficient (Wildman–Crippen LogP) is 3.01. The molecule has 1 aromatic heterocycles. The highest BCUT2D eigenvalue weighted by molar-refractivity contribution is 6.31. The molecule has 2 rings (SSSR count). The Balaban J connectivity index is 2.43. The molecule has 0 saturated carbocycles. The summed E-state index contributed by atoms with van der Waals surface area (Å²) < 4.78 is 18.4. The van der Waals surface area contributed by atoms with E-state index in [9.17, 15) is 14.5 Å². The maximum atomic E-state index is 13.2. The quantitative estimate of drug-likeness (QED) is 0.689. The van der Waals surface area contributed by atoms with E-state index in [-0.39, 0.29) is 22.6 Å². The number of nitro groups is 1. The topological polar surface area (TPSA) is 90.2 Å². The van der Waals surface area contributed by atoms with Gasteiger partial charge in [0.2, 0.25) is 17.6 Å². The van der Waals surface area contributed by atoms with Crippen LogP contribution in [0.5, 0.6) is 11.6 Å². The molecule has 1 aromatic carbocycles. The molecule has 0 saturated heterocycles. The third kappa shape index (κ3) is 2.91. The molecule has 0 unspecified atom stereocenters. The second kappa shape index (κ2) is 5.66. The first-order valence-corrected chi connectivity index (χ1v) is 5.71. The Morgan fingerprint density at radius 1 is 1.50 bits per heavy atom. The molecule has 1 N–H and O–H groups in total. The monoisotopic (exact) mass is 298 g/mol. The van der Waals surface area contributed by atoms with Gasteiger partial charge in [-0.2, -0.15) is 4.98 Å². The highest BCUT2D eigenvalue weighted by Gasteiger charge is 2.18. The highest BCUT2D eigenvalue weighted by atomic mass is 35.5. The molecule has 0 aliphatic heterocycles. The summed E-state index contributed by atoms with van der Waals surface area (Å²) >= 11 is 5.83. The lowest BCUT2D eigenvalue weighted by Gasteiger charge is -2.08. The number of aromatic nitrogens is 2. The average molecular weight is 299 g/mol. The lowest BCUT2D eigenvalue weighted by molar-refractivity contribution is -0.385. The van der Waals surface area contributed by atoms with Gasteiger partial charge in [0.15, 0.2) is 0 Å². The van der Waals surface area contributed by atoms with E-state index in [2.05, 4.69) is 15.3 Å². The minimum absolute atomic E-state index is 0.0440. The zero-order chi connectivity index (χ0) is 14.7. The predicted molar refractivity (Wildman–Crippen MR) is 69.7 cm³/mol. The number of hydrogen-bond acceptors (Lipinski definition) is 6. The summed E-state index contributed by atoms with van der Waals surface area (Å²) in [6.45, 7) is 0. The molecule has 0 radical (unpaired) electrons. The molecule has 2 aromatic rings. The third-order valence-electron chi connectivity index (χ3n) is 2.26. The third-order valence-corrected chi connectivity index (χ3v) is 2.52. The maximum absolute atomic E-state index is 13.2. The van der Waals surface area contributed by atoms with Crippen LogP contribution in [0.4, 0.5) is 16.0 Å². The Morgan fingerprint density at radius 3 is 2.90 bits per heavy atom. The van der Waals surface area contributed by atoms with Crippen molar-refractivity contribution in [3.05, 3.63) is 45.4 Å². The standard InChI is InChI=1S/C11H8ClFN4O3/c1-14-11-15-5-7(12)10(16-11)20-9-4-6(13)2-3-8(9)17(18)19/h2-5H,1H3,(H,14,15,16). The van der Waals surface area contributed by atoms with Gasteiger partial charge < -0.3 is 10.1 Å². The smallest absolute Gasteiger partial charge is 0.311 e. The van der Waals surface area contributed by atoms with E-state index in [1.165, 1.54) is 6.20 Å². The number of ether oxygens (including phenoxy) is 1. The summed E-state index contributed by atoms with van der Waals surface area (Å²) in [4.78, 5) is 17.9. The summed E-state index contributed by atoms with van der Waals surface area (Å²) in [5.74, 6) is -0.870. The molecule has 7 nitrogen and oxygen atoms in total. The molecule has 0 aliphatic rings. The van der Waals surface area contributed by atoms with Crippen LogP contribution in [0.15, 0.2) is 24.4 Å². The van der Waals surface area contributed by atoms with Gasteiger partial charge >= 0.3 is 5.69 Å². The number of nitrogens with zero attached hydrogens (tertiary/aromatic N) is 3. The van der Waals surface area contributed by atoms with Crippen molar-refractivity contribution in [1.29, 1.82) is 0 Å². The molecule has 0 amide bonds. The Bertz CT molecular complexity index is 668. The van der Waals surface area contributed by atoms with E-state index in [0.717, 1.165) is 18.2 Å². The van der Waals surface area contributed by atoms with E-state index in [0.29, 0.717) is 0 Å². The first-order valence-electron chi connectivity index (χ1n) is 5.33. The fourth-order valence-corrected chi connectivity index (χ4v) is 1.50. The fraction of sp³-hybridized carbons (Fsp3) is 0.0909. The van der Waals surface area contributed by atoms with E-state index < -0.39 is 16.4 Å². The van der Waals surface area contributed by atoms with E-state index in [4.69, 9.17) is 16.3 Å². The Labute approximate surface area is 117 Å². The van der Waals surface area contributed by atoms with Gasteiger partial charge in [-0.15, -0.1) is 0 Å². The molecule has 104 valence electrons. The van der Waals surface area contributed by atoms with Gasteiger partial charge in [0.05, 0.1) is 11.1 Å². The van der Waals surface area contributed by atoms with Gasteiger partial charge in [-0.25, -0.2) is 9.37 Å². The van der Waals surface area contributed by atoms with Crippen LogP contribution in [-0.2, 0) is 0 Å². The lowest BCUT2D eigenvalue weighted by atomic mass is 10.3. The van der Waals surface area contributed by atoms with Crippen molar-refractivity contribution in [3.8, 4) is 11.6 Å². The summed E-state index contributed by atoms with van der Waals surface area (Å²) in [5.41, 5.74) is -0.396. The lowest BCUT2D eigenvalue weighted by Crippen LogP contribution is -2.00. The van der Waals surface area contributed by atoms with Crippen molar-refractivity contribution < 1.29 is 14.1 Å². The molecule has 0 atom stereocenters. The van der Waals surface area contributed by atoms with Gasteiger partial charge in [0.25, 0.3) is 0 Å². The first kappa shape index (κ1) is 13.9. The van der Waals surface area contributed by atoms with E-state index >= 15 is 0 Å². The number of halogens is 2. The molecule has 0 aliphatic carbocycles. The number of anilines is 1. The van der Waals surface area contributed by atoms with Crippen molar-refractivity contribution in [2.24, 2.45) is 0 Å². The number of nitrogens with one attached hydrogen (secondary N) is 1. The van der Waals surface area contributed by atoms with Crippen LogP contribution in [0.25, 0.3) is 0 Å². The van der Waals surface area contributed by atoms with Gasteiger partial charge in [-0.05, 0) is 6.07 Å². The average Bonchev–Trinajstić information content (AvgIpc) is 2.41. The van der Waals surface area contributed by atoms with Crippen LogP contribution >= 0.6 is 11.6 Å². The summed E-state index contributed by atoms with van der Waals surface area (Å²) in [7, 11) is 1.58. The van der Waals surface area contributed by atoms with Crippen LogP contribution in [0, 0.1) is 15.9 Å². The summed E-state index contributed by atoms with van der Waals surface area (Å²) in [5, 5.41) is 13.6. The van der Waals surface area contributed by atoms with Gasteiger partial charge in [-0.1, -0.05) is 11.6 Å². The molecule has 0 spiro atoms. The zero-order valence-electron chi connectivity index (χ0n) is 10.1. The van der Waals surface area contributed by atoms with Crippen molar-refractivity contribution in [2.75, 3.05) is 12.4 Å². The minimum Gasteiger partial charge on any atom is -0.430 e. The number of benzene rings is 1. The molecule has 0 fully saturated rings. The Hall–Kier alpha value is -2.48. The van der Waals surface area contributed by atoms with Gasteiger partial charge in [0.1, 0.15) is 10.8 Å². The van der Waals surface area contributed by atoms with E-state index in [1.54, 1.807) is 7.05 Å². The van der Waals surface area contributed by atoms with Gasteiger partial charge in [0, 0.05) is 19.2 Å². The SMILES string of the molecule is CNc1ncc(Cl)c(Oc2cc(F)ccc2[N+](=O)[O-])n1. The molecule has 9 heteroatoms. The van der Waals surface area contributed by atoms with Crippen molar-refractivity contribution in [3.63, 3.8) is 0 Å². The van der Waals surface area contributed by atoms with Crippen LogP contribution in [0.1, 0.15) is 0 Å². The number of nitro benzene ring substituents is 1. The van der Waals surface area contributed by atoms with Crippen LogP contribution in [-0.4, -0.2) is 21.9 Å². The van der Waals surface area contributed by atoms with Crippen molar-refractivity contribution in [1.82, 2.24) is 9.97 Å². The molecule has 1 heterocycles. The maximum Gasteiger partial charge on any atom is 0.311 e. The molecule has 20 heavy (non-hydrogen) atoms. The van der Waals surface area contributed by atoms with Crippen molar-refractivity contribution >= 4 is 23.2 Å². The second-order valence-electron chi connectivity index (χ2n) is 3.57. The summed E-state index contributed by atoms with van der Waals surface area (Å²) in [6.07, 6.45) is 1.26. The molecular formula is C11H8ClFN4O3. The van der Waals surface area contributed by atoms with E-state index in [1.807, 2.05) is 0 Å². The Kier molecular flexibility index (Phi) is 3.94. The summed E-state index contributed by atoms with van der Waals surface area (Å²) in [6, 6.07) is 2.85.